The van der Waals surface area contributed by atoms with Gasteiger partial charge in [-0.2, -0.15) is 0 Å². The third-order valence-corrected chi connectivity index (χ3v) is 8.40. The number of hydrogen-bond donors (Lipinski definition) is 1. The topological polar surface area (TPSA) is 96.0 Å². The van der Waals surface area contributed by atoms with E-state index in [4.69, 9.17) is 4.74 Å². The zero-order valence-corrected chi connectivity index (χ0v) is 24.0. The van der Waals surface area contributed by atoms with E-state index >= 15 is 0 Å². The summed E-state index contributed by atoms with van der Waals surface area (Å²) < 4.78 is 48.4. The molecule has 3 aromatic carbocycles. The zero-order valence-electron chi connectivity index (χ0n) is 23.2. The fraction of sp³-hybridized carbons (Fsp3) is 0.333. The number of halogens is 1. The Labute approximate surface area is 235 Å². The molecule has 0 saturated heterocycles. The molecule has 0 unspecified atom stereocenters. The number of amides is 2. The number of rotatable bonds is 13. The molecule has 0 aliphatic heterocycles. The predicted octanol–water partition coefficient (Wildman–Crippen LogP) is 4.75. The Bertz CT molecular complexity index is 1380. The van der Waals surface area contributed by atoms with Crippen LogP contribution >= 0.6 is 0 Å². The molecule has 0 aliphatic carbocycles. The second-order valence-corrected chi connectivity index (χ2v) is 11.3. The summed E-state index contributed by atoms with van der Waals surface area (Å²) in [4.78, 5) is 28.6. The minimum Gasteiger partial charge on any atom is -0.497 e. The first kappa shape index (κ1) is 30.6. The number of carbonyl (C=O) groups excluding carboxylic acids is 2. The van der Waals surface area contributed by atoms with E-state index in [1.54, 1.807) is 56.5 Å². The van der Waals surface area contributed by atoms with Crippen molar-refractivity contribution in [3.8, 4) is 5.75 Å². The van der Waals surface area contributed by atoms with Crippen LogP contribution in [0.5, 0.6) is 5.75 Å². The van der Waals surface area contributed by atoms with Gasteiger partial charge in [0.25, 0.3) is 10.0 Å². The molecule has 3 rings (SSSR count). The van der Waals surface area contributed by atoms with Crippen LogP contribution in [0.15, 0.2) is 83.8 Å². The third-order valence-electron chi connectivity index (χ3n) is 6.63. The predicted molar refractivity (Wildman–Crippen MR) is 153 cm³/mol. The zero-order chi connectivity index (χ0) is 29.3. The Balaban J connectivity index is 2.05. The van der Waals surface area contributed by atoms with Gasteiger partial charge in [-0.25, -0.2) is 12.8 Å². The van der Waals surface area contributed by atoms with Crippen LogP contribution < -0.4 is 14.4 Å². The summed E-state index contributed by atoms with van der Waals surface area (Å²) in [5.74, 6) is -1.16. The molecular weight excluding hydrogens is 533 g/mol. The van der Waals surface area contributed by atoms with Gasteiger partial charge in [-0.3, -0.25) is 13.9 Å². The van der Waals surface area contributed by atoms with Gasteiger partial charge in [0.2, 0.25) is 11.8 Å². The molecule has 0 aliphatic rings. The molecule has 0 heterocycles. The lowest BCUT2D eigenvalue weighted by Gasteiger charge is -2.33. The highest BCUT2D eigenvalue weighted by molar-refractivity contribution is 7.92. The van der Waals surface area contributed by atoms with Crippen LogP contribution in [0, 0.1) is 5.82 Å². The standard InChI is InChI=1S/C30H36FN3O5S/c1-5-22(3)32-30(36)27(6-2)33(20-23-16-18-24(39-4)19-17-23)29(35)21-34(28-15-11-10-14-26(28)31)40(37,38)25-12-8-7-9-13-25/h7-19,22,27H,5-6,20-21H2,1-4H3,(H,32,36)/t22-,27-/m0/s1. The lowest BCUT2D eigenvalue weighted by atomic mass is 10.1. The van der Waals surface area contributed by atoms with Crippen molar-refractivity contribution in [2.75, 3.05) is 18.0 Å². The molecule has 40 heavy (non-hydrogen) atoms. The first-order valence-electron chi connectivity index (χ1n) is 13.2. The van der Waals surface area contributed by atoms with Gasteiger partial charge in [0.1, 0.15) is 24.2 Å². The van der Waals surface area contributed by atoms with E-state index < -0.39 is 34.3 Å². The minimum absolute atomic E-state index is 0.0335. The average Bonchev–Trinajstić information content (AvgIpc) is 2.96. The van der Waals surface area contributed by atoms with Gasteiger partial charge in [-0.05, 0) is 61.7 Å². The molecule has 3 aromatic rings. The molecule has 0 bridgehead atoms. The summed E-state index contributed by atoms with van der Waals surface area (Å²) in [6.45, 7) is 4.91. The Kier molecular flexibility index (Phi) is 10.7. The van der Waals surface area contributed by atoms with E-state index in [0.29, 0.717) is 17.7 Å². The SMILES string of the molecule is CC[C@H](C)NC(=O)[C@H](CC)N(Cc1ccc(OC)cc1)C(=O)CN(c1ccccc1F)S(=O)(=O)c1ccccc1. The van der Waals surface area contributed by atoms with Crippen LogP contribution in [0.25, 0.3) is 0 Å². The lowest BCUT2D eigenvalue weighted by molar-refractivity contribution is -0.140. The number of nitrogens with zero attached hydrogens (tertiary/aromatic N) is 2. The second-order valence-electron chi connectivity index (χ2n) is 9.39. The maximum Gasteiger partial charge on any atom is 0.264 e. The van der Waals surface area contributed by atoms with E-state index in [1.807, 2.05) is 13.8 Å². The lowest BCUT2D eigenvalue weighted by Crippen LogP contribution is -2.53. The van der Waals surface area contributed by atoms with Gasteiger partial charge in [0.15, 0.2) is 0 Å². The van der Waals surface area contributed by atoms with Crippen molar-refractivity contribution >= 4 is 27.5 Å². The molecule has 2 amide bonds. The third kappa shape index (κ3) is 7.38. The van der Waals surface area contributed by atoms with Crippen LogP contribution in [0.2, 0.25) is 0 Å². The van der Waals surface area contributed by atoms with Crippen molar-refractivity contribution < 1.29 is 27.1 Å². The molecule has 0 saturated carbocycles. The molecule has 214 valence electrons. The fourth-order valence-electron chi connectivity index (χ4n) is 4.18. The molecule has 0 spiro atoms. The van der Waals surface area contributed by atoms with Crippen molar-refractivity contribution in [1.82, 2.24) is 10.2 Å². The molecule has 0 aromatic heterocycles. The number of anilines is 1. The molecule has 0 radical (unpaired) electrons. The number of para-hydroxylation sites is 1. The number of sulfonamides is 1. The van der Waals surface area contributed by atoms with Crippen LogP contribution in [-0.4, -0.2) is 50.9 Å². The summed E-state index contributed by atoms with van der Waals surface area (Å²) in [6, 6.07) is 18.9. The number of carbonyl (C=O) groups is 2. The Morgan fingerprint density at radius 3 is 2.12 bits per heavy atom. The Morgan fingerprint density at radius 2 is 1.55 bits per heavy atom. The monoisotopic (exact) mass is 569 g/mol. The number of nitrogens with one attached hydrogen (secondary N) is 1. The number of methoxy groups -OCH3 is 1. The smallest absolute Gasteiger partial charge is 0.264 e. The number of benzene rings is 3. The first-order valence-corrected chi connectivity index (χ1v) is 14.6. The van der Waals surface area contributed by atoms with Crippen LogP contribution in [-0.2, 0) is 26.2 Å². The molecule has 2 atom stereocenters. The summed E-state index contributed by atoms with van der Waals surface area (Å²) >= 11 is 0. The Morgan fingerprint density at radius 1 is 0.925 bits per heavy atom. The van der Waals surface area contributed by atoms with Crippen molar-refractivity contribution in [1.29, 1.82) is 0 Å². The highest BCUT2D eigenvalue weighted by atomic mass is 32.2. The summed E-state index contributed by atoms with van der Waals surface area (Å²) in [5.41, 5.74) is 0.452. The van der Waals surface area contributed by atoms with E-state index in [2.05, 4.69) is 5.32 Å². The van der Waals surface area contributed by atoms with Crippen LogP contribution in [0.1, 0.15) is 39.2 Å². The summed E-state index contributed by atoms with van der Waals surface area (Å²) in [5, 5.41) is 2.93. The van der Waals surface area contributed by atoms with Gasteiger partial charge >= 0.3 is 0 Å². The maximum atomic E-state index is 15.0. The second kappa shape index (κ2) is 13.9. The summed E-state index contributed by atoms with van der Waals surface area (Å²) in [7, 11) is -2.79. The van der Waals surface area contributed by atoms with Gasteiger partial charge < -0.3 is 15.0 Å². The van der Waals surface area contributed by atoms with Gasteiger partial charge in [0, 0.05) is 12.6 Å². The van der Waals surface area contributed by atoms with E-state index in [0.717, 1.165) is 10.4 Å². The van der Waals surface area contributed by atoms with Crippen LogP contribution in [0.4, 0.5) is 10.1 Å². The van der Waals surface area contributed by atoms with Crippen molar-refractivity contribution in [3.05, 3.63) is 90.2 Å². The van der Waals surface area contributed by atoms with Crippen molar-refractivity contribution in [3.63, 3.8) is 0 Å². The number of ether oxygens (including phenoxy) is 1. The van der Waals surface area contributed by atoms with Gasteiger partial charge in [-0.1, -0.05) is 56.3 Å². The largest absolute Gasteiger partial charge is 0.497 e. The van der Waals surface area contributed by atoms with E-state index in [1.165, 1.54) is 35.2 Å². The molecule has 1 N–H and O–H groups in total. The minimum atomic E-state index is -4.33. The maximum absolute atomic E-state index is 15.0. The molecule has 10 heteroatoms. The van der Waals surface area contributed by atoms with E-state index in [9.17, 15) is 22.4 Å². The highest BCUT2D eigenvalue weighted by Crippen LogP contribution is 2.27. The van der Waals surface area contributed by atoms with E-state index in [-0.39, 0.29) is 35.5 Å². The highest BCUT2D eigenvalue weighted by Gasteiger charge is 2.34. The number of hydrogen-bond acceptors (Lipinski definition) is 5. The van der Waals surface area contributed by atoms with Gasteiger partial charge in [-0.15, -0.1) is 0 Å². The first-order chi connectivity index (χ1) is 19.1. The van der Waals surface area contributed by atoms with Crippen molar-refractivity contribution in [2.45, 2.75) is 57.1 Å². The average molecular weight is 570 g/mol. The molecule has 0 fully saturated rings. The van der Waals surface area contributed by atoms with Crippen LogP contribution in [0.3, 0.4) is 0 Å². The quantitative estimate of drug-likeness (QED) is 0.321. The van der Waals surface area contributed by atoms with Gasteiger partial charge in [0.05, 0.1) is 17.7 Å². The normalized spacial score (nSPS) is 12.7. The Hall–Kier alpha value is -3.92. The van der Waals surface area contributed by atoms with Crippen molar-refractivity contribution in [2.24, 2.45) is 0 Å². The molecular formula is C30H36FN3O5S. The summed E-state index contributed by atoms with van der Waals surface area (Å²) in [6.07, 6.45) is 0.986. The molecule has 8 nitrogen and oxygen atoms in total. The fourth-order valence-corrected chi connectivity index (χ4v) is 5.62.